The second-order valence-corrected chi connectivity index (χ2v) is 6.63. The minimum atomic E-state index is 0.115. The molecule has 1 rings (SSSR count). The third-order valence-electron chi connectivity index (χ3n) is 3.10. The number of hydrogen-bond acceptors (Lipinski definition) is 3. The molecule has 0 spiro atoms. The van der Waals surface area contributed by atoms with Crippen molar-refractivity contribution in [1.82, 2.24) is 10.3 Å². The van der Waals surface area contributed by atoms with Crippen molar-refractivity contribution in [2.45, 2.75) is 66.2 Å². The van der Waals surface area contributed by atoms with Crippen LogP contribution < -0.4 is 5.32 Å². The predicted molar refractivity (Wildman–Crippen MR) is 84.6 cm³/mol. The highest BCUT2D eigenvalue weighted by Gasteiger charge is 2.09. The number of rotatable bonds is 8. The van der Waals surface area contributed by atoms with Gasteiger partial charge in [0.05, 0.1) is 18.0 Å². The van der Waals surface area contributed by atoms with E-state index in [1.807, 2.05) is 6.07 Å². The Balaban J connectivity index is 2.39. The molecule has 0 saturated heterocycles. The summed E-state index contributed by atoms with van der Waals surface area (Å²) < 4.78 is 5.75. The van der Waals surface area contributed by atoms with Crippen molar-refractivity contribution in [2.24, 2.45) is 5.92 Å². The van der Waals surface area contributed by atoms with Crippen molar-refractivity contribution in [3.05, 3.63) is 29.6 Å². The van der Waals surface area contributed by atoms with Gasteiger partial charge in [-0.15, -0.1) is 0 Å². The van der Waals surface area contributed by atoms with E-state index in [2.05, 4.69) is 57.1 Å². The van der Waals surface area contributed by atoms with E-state index in [4.69, 9.17) is 4.74 Å². The molecule has 0 aliphatic rings. The van der Waals surface area contributed by atoms with Crippen molar-refractivity contribution < 1.29 is 4.74 Å². The normalized spacial score (nSPS) is 13.4. The molecule has 0 saturated carbocycles. The van der Waals surface area contributed by atoms with Crippen molar-refractivity contribution in [2.75, 3.05) is 6.61 Å². The van der Waals surface area contributed by atoms with Crippen LogP contribution in [-0.2, 0) is 17.9 Å². The molecule has 3 heteroatoms. The molecule has 0 aliphatic carbocycles. The fourth-order valence-electron chi connectivity index (χ4n) is 2.00. The number of nitrogens with one attached hydrogen (secondary N) is 1. The Kier molecular flexibility index (Phi) is 7.17. The second kappa shape index (κ2) is 8.38. The average molecular weight is 278 g/mol. The van der Waals surface area contributed by atoms with E-state index in [-0.39, 0.29) is 5.54 Å². The Labute approximate surface area is 124 Å². The third-order valence-corrected chi connectivity index (χ3v) is 3.10. The lowest BCUT2D eigenvalue weighted by Crippen LogP contribution is -2.35. The molecule has 1 aromatic heterocycles. The highest BCUT2D eigenvalue weighted by Crippen LogP contribution is 2.08. The molecule has 1 atom stereocenters. The molecular weight excluding hydrogens is 248 g/mol. The van der Waals surface area contributed by atoms with Gasteiger partial charge in [-0.05, 0) is 45.2 Å². The maximum Gasteiger partial charge on any atom is 0.0888 e. The first-order valence-electron chi connectivity index (χ1n) is 7.68. The maximum atomic E-state index is 5.75. The molecule has 0 aliphatic heterocycles. The molecule has 0 amide bonds. The monoisotopic (exact) mass is 278 g/mol. The molecule has 0 aromatic carbocycles. The van der Waals surface area contributed by atoms with E-state index >= 15 is 0 Å². The molecule has 20 heavy (non-hydrogen) atoms. The Morgan fingerprint density at radius 3 is 2.60 bits per heavy atom. The fourth-order valence-corrected chi connectivity index (χ4v) is 2.00. The lowest BCUT2D eigenvalue weighted by Gasteiger charge is -2.20. The first-order chi connectivity index (χ1) is 9.40. The molecule has 1 N–H and O–H groups in total. The van der Waals surface area contributed by atoms with Crippen LogP contribution in [0.1, 0.15) is 58.8 Å². The van der Waals surface area contributed by atoms with Gasteiger partial charge in [-0.2, -0.15) is 0 Å². The van der Waals surface area contributed by atoms with Crippen LogP contribution >= 0.6 is 0 Å². The lowest BCUT2D eigenvalue weighted by atomic mass is 10.1. The van der Waals surface area contributed by atoms with E-state index in [0.29, 0.717) is 12.5 Å². The molecule has 0 radical (unpaired) electrons. The van der Waals surface area contributed by atoms with E-state index in [1.165, 1.54) is 12.8 Å². The minimum absolute atomic E-state index is 0.115. The molecule has 1 aromatic rings. The molecule has 1 heterocycles. The van der Waals surface area contributed by atoms with Crippen LogP contribution in [0.4, 0.5) is 0 Å². The summed E-state index contributed by atoms with van der Waals surface area (Å²) in [6, 6.07) is 6.15. The summed E-state index contributed by atoms with van der Waals surface area (Å²) in [5.74, 6) is 0.630. The van der Waals surface area contributed by atoms with Gasteiger partial charge in [0.1, 0.15) is 0 Å². The number of aromatic nitrogens is 1. The van der Waals surface area contributed by atoms with Crippen molar-refractivity contribution in [3.63, 3.8) is 0 Å². The maximum absolute atomic E-state index is 5.75. The van der Waals surface area contributed by atoms with Gasteiger partial charge in [0.2, 0.25) is 0 Å². The number of hydrogen-bond donors (Lipinski definition) is 1. The highest BCUT2D eigenvalue weighted by molar-refractivity contribution is 5.10. The molecule has 114 valence electrons. The van der Waals surface area contributed by atoms with Crippen LogP contribution in [0.3, 0.4) is 0 Å². The Hall–Kier alpha value is -0.930. The Morgan fingerprint density at radius 2 is 1.95 bits per heavy atom. The highest BCUT2D eigenvalue weighted by atomic mass is 16.5. The van der Waals surface area contributed by atoms with E-state index in [0.717, 1.165) is 24.5 Å². The average Bonchev–Trinajstić information content (AvgIpc) is 2.36. The van der Waals surface area contributed by atoms with Gasteiger partial charge in [0.15, 0.2) is 0 Å². The zero-order chi connectivity index (χ0) is 15.0. The molecule has 0 fully saturated rings. The van der Waals surface area contributed by atoms with Crippen LogP contribution in [0.25, 0.3) is 0 Å². The van der Waals surface area contributed by atoms with Gasteiger partial charge in [0.25, 0.3) is 0 Å². The van der Waals surface area contributed by atoms with Crippen LogP contribution in [0.5, 0.6) is 0 Å². The second-order valence-electron chi connectivity index (χ2n) is 6.63. The van der Waals surface area contributed by atoms with Crippen LogP contribution in [0, 0.1) is 5.92 Å². The smallest absolute Gasteiger partial charge is 0.0888 e. The summed E-state index contributed by atoms with van der Waals surface area (Å²) in [7, 11) is 0. The van der Waals surface area contributed by atoms with Crippen molar-refractivity contribution >= 4 is 0 Å². The molecule has 0 bridgehead atoms. The summed E-state index contributed by atoms with van der Waals surface area (Å²) in [5.41, 5.74) is 2.20. The summed E-state index contributed by atoms with van der Waals surface area (Å²) >= 11 is 0. The van der Waals surface area contributed by atoms with Crippen molar-refractivity contribution in [3.8, 4) is 0 Å². The van der Waals surface area contributed by atoms with Crippen LogP contribution in [-0.4, -0.2) is 17.1 Å². The molecule has 1 unspecified atom stereocenters. The van der Waals surface area contributed by atoms with Gasteiger partial charge >= 0.3 is 0 Å². The topological polar surface area (TPSA) is 34.1 Å². The van der Waals surface area contributed by atoms with E-state index in [9.17, 15) is 0 Å². The van der Waals surface area contributed by atoms with E-state index in [1.54, 1.807) is 0 Å². The zero-order valence-corrected chi connectivity index (χ0v) is 13.7. The predicted octanol–water partition coefficient (Wildman–Crippen LogP) is 3.92. The first-order valence-corrected chi connectivity index (χ1v) is 7.68. The number of ether oxygens (including phenoxy) is 1. The van der Waals surface area contributed by atoms with Gasteiger partial charge in [-0.3, -0.25) is 4.98 Å². The van der Waals surface area contributed by atoms with E-state index < -0.39 is 0 Å². The first kappa shape index (κ1) is 17.1. The lowest BCUT2D eigenvalue weighted by molar-refractivity contribution is 0.0871. The number of pyridine rings is 1. The minimum Gasteiger partial charge on any atom is -0.375 e. The summed E-state index contributed by atoms with van der Waals surface area (Å²) in [6.07, 6.45) is 2.44. The third kappa shape index (κ3) is 7.61. The zero-order valence-electron chi connectivity index (χ0n) is 13.7. The van der Waals surface area contributed by atoms with Gasteiger partial charge < -0.3 is 10.1 Å². The summed E-state index contributed by atoms with van der Waals surface area (Å²) in [5, 5.41) is 3.45. The summed E-state index contributed by atoms with van der Waals surface area (Å²) in [4.78, 5) is 4.63. The standard InChI is InChI=1S/C17H30N2O/c1-6-8-14(2)12-20-13-16-10-7-9-15(19-16)11-18-17(3,4)5/h7,9-10,14,18H,6,8,11-13H2,1-5H3. The molecular formula is C17H30N2O. The van der Waals surface area contributed by atoms with Gasteiger partial charge in [-0.25, -0.2) is 0 Å². The number of nitrogens with zero attached hydrogens (tertiary/aromatic N) is 1. The van der Waals surface area contributed by atoms with Crippen LogP contribution in [0.2, 0.25) is 0 Å². The largest absolute Gasteiger partial charge is 0.375 e. The summed E-state index contributed by atoms with van der Waals surface area (Å²) in [6.45, 7) is 13.2. The Bertz CT molecular complexity index is 385. The van der Waals surface area contributed by atoms with Gasteiger partial charge in [-0.1, -0.05) is 26.3 Å². The SMILES string of the molecule is CCCC(C)COCc1cccc(CNC(C)(C)C)n1. The fraction of sp³-hybridized carbons (Fsp3) is 0.706. The molecule has 3 nitrogen and oxygen atoms in total. The van der Waals surface area contributed by atoms with Crippen molar-refractivity contribution in [1.29, 1.82) is 0 Å². The Morgan fingerprint density at radius 1 is 1.25 bits per heavy atom. The quantitative estimate of drug-likeness (QED) is 0.782. The van der Waals surface area contributed by atoms with Crippen LogP contribution in [0.15, 0.2) is 18.2 Å². The van der Waals surface area contributed by atoms with Gasteiger partial charge in [0, 0.05) is 18.7 Å².